The van der Waals surface area contributed by atoms with Crippen LogP contribution in [0.25, 0.3) is 0 Å². The summed E-state index contributed by atoms with van der Waals surface area (Å²) < 4.78 is 19.7. The Bertz CT molecular complexity index is 346. The third kappa shape index (κ3) is 2.81. The van der Waals surface area contributed by atoms with Crippen LogP contribution in [0.3, 0.4) is 0 Å². The SMILES string of the molecule is [2H]CN[C@@H](Cc1cccc(F)c1)C(=O)O. The monoisotopic (exact) mass is 198 g/mol. The minimum absolute atomic E-state index is 0.173. The fourth-order valence-corrected chi connectivity index (χ4v) is 1.15. The lowest BCUT2D eigenvalue weighted by Crippen LogP contribution is -2.35. The Morgan fingerprint density at radius 3 is 3.14 bits per heavy atom. The van der Waals surface area contributed by atoms with E-state index in [9.17, 15) is 9.18 Å². The highest BCUT2D eigenvalue weighted by atomic mass is 19.1. The molecule has 0 saturated heterocycles. The zero-order chi connectivity index (χ0) is 11.3. The highest BCUT2D eigenvalue weighted by Crippen LogP contribution is 2.06. The van der Waals surface area contributed by atoms with Gasteiger partial charge in [-0.1, -0.05) is 12.1 Å². The number of hydrogen-bond donors (Lipinski definition) is 2. The summed E-state index contributed by atoms with van der Waals surface area (Å²) in [7, 11) is -0.174. The number of likely N-dealkylation sites (N-methyl/N-ethyl adjacent to an activating group) is 1. The first kappa shape index (κ1) is 9.15. The molecule has 1 aromatic rings. The van der Waals surface area contributed by atoms with Gasteiger partial charge in [-0.3, -0.25) is 4.79 Å². The lowest BCUT2D eigenvalue weighted by Gasteiger charge is -2.10. The first-order valence-electron chi connectivity index (χ1n) is 4.84. The Morgan fingerprint density at radius 1 is 1.79 bits per heavy atom. The van der Waals surface area contributed by atoms with E-state index in [1.54, 1.807) is 6.07 Å². The van der Waals surface area contributed by atoms with Crippen molar-refractivity contribution in [3.63, 3.8) is 0 Å². The van der Waals surface area contributed by atoms with E-state index in [4.69, 9.17) is 6.48 Å². The van der Waals surface area contributed by atoms with Gasteiger partial charge >= 0.3 is 5.97 Å². The van der Waals surface area contributed by atoms with Crippen molar-refractivity contribution in [3.8, 4) is 0 Å². The first-order valence-corrected chi connectivity index (χ1v) is 4.13. The number of carbonyl (C=O) groups is 1. The molecule has 0 heterocycles. The van der Waals surface area contributed by atoms with Gasteiger partial charge < -0.3 is 10.4 Å². The molecule has 76 valence electrons. The third-order valence-corrected chi connectivity index (χ3v) is 1.87. The van der Waals surface area contributed by atoms with Crippen molar-refractivity contribution < 1.29 is 15.7 Å². The van der Waals surface area contributed by atoms with E-state index in [2.05, 4.69) is 5.32 Å². The van der Waals surface area contributed by atoms with Gasteiger partial charge in [-0.25, -0.2) is 4.39 Å². The van der Waals surface area contributed by atoms with Crippen molar-refractivity contribution in [2.45, 2.75) is 12.5 Å². The number of rotatable bonds is 4. The molecule has 1 atom stereocenters. The van der Waals surface area contributed by atoms with Crippen molar-refractivity contribution in [2.75, 3.05) is 7.02 Å². The lowest BCUT2D eigenvalue weighted by molar-refractivity contribution is -0.139. The first-order chi connectivity index (χ1) is 7.13. The van der Waals surface area contributed by atoms with Crippen LogP contribution >= 0.6 is 0 Å². The minimum Gasteiger partial charge on any atom is -0.480 e. The standard InChI is InChI=1S/C10H12FNO2/c1-12-9(10(13)14)6-7-3-2-4-8(11)5-7/h2-5,9,12H,6H2,1H3,(H,13,14)/t9-/m0/s1/i1D. The predicted octanol–water partition coefficient (Wildman–Crippen LogP) is 1.04. The van der Waals surface area contributed by atoms with Crippen molar-refractivity contribution >= 4 is 5.97 Å². The molecule has 0 fully saturated rings. The largest absolute Gasteiger partial charge is 0.480 e. The quantitative estimate of drug-likeness (QED) is 0.760. The Kier molecular flexibility index (Phi) is 3.08. The number of aliphatic carboxylic acids is 1. The molecule has 0 amide bonds. The molecule has 14 heavy (non-hydrogen) atoms. The molecule has 3 nitrogen and oxygen atoms in total. The molecular weight excluding hydrogens is 185 g/mol. The summed E-state index contributed by atoms with van der Waals surface area (Å²) in [5.41, 5.74) is 0.600. The normalized spacial score (nSPS) is 13.4. The fourth-order valence-electron chi connectivity index (χ4n) is 1.15. The Labute approximate surface area is 83.0 Å². The van der Waals surface area contributed by atoms with Crippen molar-refractivity contribution in [1.82, 2.24) is 5.32 Å². The number of carboxylic acids is 1. The predicted molar refractivity (Wildman–Crippen MR) is 50.6 cm³/mol. The molecule has 0 aliphatic heterocycles. The summed E-state index contributed by atoms with van der Waals surface area (Å²) >= 11 is 0. The number of hydrogen-bond acceptors (Lipinski definition) is 2. The van der Waals surface area contributed by atoms with Gasteiger partial charge in [-0.05, 0) is 31.1 Å². The maximum Gasteiger partial charge on any atom is 0.321 e. The lowest BCUT2D eigenvalue weighted by atomic mass is 10.1. The molecule has 0 aliphatic carbocycles. The highest BCUT2D eigenvalue weighted by Gasteiger charge is 2.15. The van der Waals surface area contributed by atoms with Gasteiger partial charge in [0.15, 0.2) is 0 Å². The topological polar surface area (TPSA) is 49.3 Å². The van der Waals surface area contributed by atoms with Gasteiger partial charge in [0, 0.05) is 1.37 Å². The summed E-state index contributed by atoms with van der Waals surface area (Å²) in [6.45, 7) is 0. The van der Waals surface area contributed by atoms with E-state index in [1.165, 1.54) is 18.2 Å². The summed E-state index contributed by atoms with van der Waals surface area (Å²) in [6, 6.07) is 4.94. The fraction of sp³-hybridized carbons (Fsp3) is 0.300. The van der Waals surface area contributed by atoms with E-state index >= 15 is 0 Å². The van der Waals surface area contributed by atoms with E-state index in [0.29, 0.717) is 5.56 Å². The smallest absolute Gasteiger partial charge is 0.321 e. The van der Waals surface area contributed by atoms with Crippen LogP contribution in [0, 0.1) is 5.82 Å². The molecule has 0 radical (unpaired) electrons. The Balaban J connectivity index is 2.69. The van der Waals surface area contributed by atoms with Crippen molar-refractivity contribution in [3.05, 3.63) is 35.6 Å². The number of nitrogens with one attached hydrogen (secondary N) is 1. The van der Waals surface area contributed by atoms with Crippen LogP contribution in [0.4, 0.5) is 4.39 Å². The number of halogens is 1. The summed E-state index contributed by atoms with van der Waals surface area (Å²) in [4.78, 5) is 10.7. The second kappa shape index (κ2) is 4.72. The van der Waals surface area contributed by atoms with Crippen molar-refractivity contribution in [2.24, 2.45) is 0 Å². The maximum atomic E-state index is 12.8. The summed E-state index contributed by atoms with van der Waals surface area (Å²) in [5, 5.41) is 11.3. The van der Waals surface area contributed by atoms with E-state index in [0.717, 1.165) is 0 Å². The van der Waals surface area contributed by atoms with Crippen molar-refractivity contribution in [1.29, 1.82) is 0 Å². The zero-order valence-electron chi connectivity index (χ0n) is 8.53. The van der Waals surface area contributed by atoms with Gasteiger partial charge in [0.25, 0.3) is 0 Å². The molecule has 0 bridgehead atoms. The second-order valence-electron chi connectivity index (χ2n) is 2.93. The molecule has 0 spiro atoms. The molecule has 0 aliphatic rings. The molecule has 0 unspecified atom stereocenters. The molecular formula is C10H12FNO2. The zero-order valence-corrected chi connectivity index (χ0v) is 7.53. The van der Waals surface area contributed by atoms with Crippen LogP contribution in [0.2, 0.25) is 0 Å². The van der Waals surface area contributed by atoms with E-state index in [-0.39, 0.29) is 19.3 Å². The second-order valence-corrected chi connectivity index (χ2v) is 2.93. The van der Waals surface area contributed by atoms with Crippen LogP contribution in [0.1, 0.15) is 6.93 Å². The maximum absolute atomic E-state index is 12.8. The van der Waals surface area contributed by atoms with Gasteiger partial charge in [-0.15, -0.1) is 0 Å². The molecule has 4 heteroatoms. The number of benzene rings is 1. The number of carboxylic acid groups (broad SMARTS) is 1. The molecule has 1 aromatic carbocycles. The Hall–Kier alpha value is -1.42. The van der Waals surface area contributed by atoms with E-state index in [1.807, 2.05) is 0 Å². The molecule has 0 aromatic heterocycles. The van der Waals surface area contributed by atoms with Gasteiger partial charge in [-0.2, -0.15) is 0 Å². The third-order valence-electron chi connectivity index (χ3n) is 1.87. The van der Waals surface area contributed by atoms with Gasteiger partial charge in [0.1, 0.15) is 11.9 Å². The van der Waals surface area contributed by atoms with E-state index < -0.39 is 12.0 Å². The van der Waals surface area contributed by atoms with Crippen LogP contribution in [0.15, 0.2) is 24.3 Å². The summed E-state index contributed by atoms with van der Waals surface area (Å²) in [5.74, 6) is -1.42. The van der Waals surface area contributed by atoms with Crippen LogP contribution in [-0.2, 0) is 11.2 Å². The molecule has 0 saturated carbocycles. The van der Waals surface area contributed by atoms with Gasteiger partial charge in [0.2, 0.25) is 0 Å². The Morgan fingerprint density at radius 2 is 2.57 bits per heavy atom. The van der Waals surface area contributed by atoms with Crippen LogP contribution in [-0.4, -0.2) is 24.1 Å². The average Bonchev–Trinajstić information content (AvgIpc) is 2.17. The van der Waals surface area contributed by atoms with Crippen LogP contribution < -0.4 is 5.32 Å². The average molecular weight is 198 g/mol. The van der Waals surface area contributed by atoms with Crippen LogP contribution in [0.5, 0.6) is 0 Å². The molecule has 1 rings (SSSR count). The highest BCUT2D eigenvalue weighted by molar-refractivity contribution is 5.73. The molecule has 2 N–H and O–H groups in total. The minimum atomic E-state index is -1.04. The van der Waals surface area contributed by atoms with Gasteiger partial charge in [0.05, 0.1) is 0 Å². The summed E-state index contributed by atoms with van der Waals surface area (Å²) in [6.07, 6.45) is 0.173.